The van der Waals surface area contributed by atoms with E-state index in [0.717, 1.165) is 12.0 Å². The molecular weight excluding hydrogens is 136 g/mol. The molecular formula is C10H14O. The van der Waals surface area contributed by atoms with Crippen LogP contribution in [0.25, 0.3) is 0 Å². The van der Waals surface area contributed by atoms with Crippen molar-refractivity contribution in [3.63, 3.8) is 0 Å². The zero-order valence-corrected chi connectivity index (χ0v) is 7.13. The second-order valence-electron chi connectivity index (χ2n) is 3.30. The monoisotopic (exact) mass is 150 g/mol. The van der Waals surface area contributed by atoms with E-state index in [4.69, 9.17) is 0 Å². The van der Waals surface area contributed by atoms with Gasteiger partial charge in [0.25, 0.3) is 0 Å². The van der Waals surface area contributed by atoms with Crippen molar-refractivity contribution in [2.75, 3.05) is 0 Å². The first-order chi connectivity index (χ1) is 5.11. The lowest BCUT2D eigenvalue weighted by Gasteiger charge is -2.22. The number of allylic oxidation sites excluding steroid dienone is 3. The van der Waals surface area contributed by atoms with Gasteiger partial charge in [-0.3, -0.25) is 4.79 Å². The van der Waals surface area contributed by atoms with Gasteiger partial charge in [0.2, 0.25) is 0 Å². The quantitative estimate of drug-likeness (QED) is 0.560. The van der Waals surface area contributed by atoms with Crippen LogP contribution in [0.3, 0.4) is 0 Å². The molecule has 0 heterocycles. The summed E-state index contributed by atoms with van der Waals surface area (Å²) in [4.78, 5) is 11.1. The Morgan fingerprint density at radius 2 is 2.36 bits per heavy atom. The molecule has 0 radical (unpaired) electrons. The van der Waals surface area contributed by atoms with Crippen LogP contribution in [0.5, 0.6) is 0 Å². The molecule has 0 unspecified atom stereocenters. The third-order valence-electron chi connectivity index (χ3n) is 2.27. The van der Waals surface area contributed by atoms with Crippen LogP contribution in [0, 0.1) is 11.8 Å². The molecule has 0 aromatic heterocycles. The van der Waals surface area contributed by atoms with Crippen LogP contribution in [0.2, 0.25) is 0 Å². The van der Waals surface area contributed by atoms with E-state index in [1.807, 2.05) is 6.08 Å². The molecule has 1 nitrogen and oxygen atoms in total. The molecule has 11 heavy (non-hydrogen) atoms. The summed E-state index contributed by atoms with van der Waals surface area (Å²) in [6.07, 6.45) is 4.93. The SMILES string of the molecule is C=C1C=C[C@@H](C)[C@H](C(C)=O)C1. The second-order valence-corrected chi connectivity index (χ2v) is 3.30. The average molecular weight is 150 g/mol. The lowest BCUT2D eigenvalue weighted by atomic mass is 9.81. The highest BCUT2D eigenvalue weighted by Crippen LogP contribution is 2.27. The Kier molecular flexibility index (Phi) is 2.28. The Labute approximate surface area is 67.8 Å². The molecule has 0 fully saturated rings. The molecule has 0 aromatic rings. The lowest BCUT2D eigenvalue weighted by Crippen LogP contribution is -2.21. The molecule has 0 aromatic carbocycles. The maximum atomic E-state index is 11.1. The predicted octanol–water partition coefficient (Wildman–Crippen LogP) is 2.34. The number of carbonyl (C=O) groups is 1. The molecule has 0 amide bonds. The Bertz CT molecular complexity index is 213. The van der Waals surface area contributed by atoms with E-state index in [0.29, 0.717) is 5.92 Å². The van der Waals surface area contributed by atoms with Crippen molar-refractivity contribution >= 4 is 5.78 Å². The minimum absolute atomic E-state index is 0.174. The summed E-state index contributed by atoms with van der Waals surface area (Å²) in [6.45, 7) is 7.58. The first-order valence-electron chi connectivity index (χ1n) is 3.97. The summed E-state index contributed by atoms with van der Waals surface area (Å²) in [5, 5.41) is 0. The van der Waals surface area contributed by atoms with Crippen molar-refractivity contribution in [1.29, 1.82) is 0 Å². The predicted molar refractivity (Wildman–Crippen MR) is 46.2 cm³/mol. The van der Waals surface area contributed by atoms with Crippen LogP contribution in [0.15, 0.2) is 24.3 Å². The van der Waals surface area contributed by atoms with Gasteiger partial charge in [-0.15, -0.1) is 0 Å². The number of carbonyl (C=O) groups excluding carboxylic acids is 1. The fourth-order valence-electron chi connectivity index (χ4n) is 1.47. The molecule has 1 aliphatic carbocycles. The van der Waals surface area contributed by atoms with Crippen LogP contribution in [-0.2, 0) is 4.79 Å². The molecule has 1 heteroatoms. The van der Waals surface area contributed by atoms with Gasteiger partial charge in [0.05, 0.1) is 0 Å². The minimum Gasteiger partial charge on any atom is -0.300 e. The summed E-state index contributed by atoms with van der Waals surface area (Å²) < 4.78 is 0. The Morgan fingerprint density at radius 3 is 2.82 bits per heavy atom. The molecule has 0 aliphatic heterocycles. The van der Waals surface area contributed by atoms with Crippen LogP contribution in [0.4, 0.5) is 0 Å². The van der Waals surface area contributed by atoms with E-state index < -0.39 is 0 Å². The Balaban J connectivity index is 2.75. The lowest BCUT2D eigenvalue weighted by molar-refractivity contribution is -0.121. The summed E-state index contributed by atoms with van der Waals surface area (Å²) in [7, 11) is 0. The molecule has 60 valence electrons. The molecule has 2 atom stereocenters. The third kappa shape index (κ3) is 1.79. The van der Waals surface area contributed by atoms with E-state index in [9.17, 15) is 4.79 Å². The van der Waals surface area contributed by atoms with Crippen molar-refractivity contribution in [1.82, 2.24) is 0 Å². The number of hydrogen-bond donors (Lipinski definition) is 0. The zero-order chi connectivity index (χ0) is 8.43. The number of hydrogen-bond acceptors (Lipinski definition) is 1. The van der Waals surface area contributed by atoms with Gasteiger partial charge in [0, 0.05) is 5.92 Å². The van der Waals surface area contributed by atoms with Crippen molar-refractivity contribution in [3.05, 3.63) is 24.3 Å². The van der Waals surface area contributed by atoms with E-state index in [-0.39, 0.29) is 11.7 Å². The number of ketones is 1. The summed E-state index contributed by atoms with van der Waals surface area (Å²) in [5.74, 6) is 0.841. The molecule has 0 N–H and O–H groups in total. The fraction of sp³-hybridized carbons (Fsp3) is 0.500. The summed E-state index contributed by atoms with van der Waals surface area (Å²) in [5.41, 5.74) is 1.07. The first-order valence-corrected chi connectivity index (χ1v) is 3.97. The molecule has 1 rings (SSSR count). The molecule has 0 saturated carbocycles. The van der Waals surface area contributed by atoms with Gasteiger partial charge in [0.1, 0.15) is 5.78 Å². The molecule has 0 spiro atoms. The minimum atomic E-state index is 0.174. The third-order valence-corrected chi connectivity index (χ3v) is 2.27. The highest BCUT2D eigenvalue weighted by molar-refractivity contribution is 5.79. The van der Waals surface area contributed by atoms with Gasteiger partial charge in [0.15, 0.2) is 0 Å². The zero-order valence-electron chi connectivity index (χ0n) is 7.13. The van der Waals surface area contributed by atoms with Crippen molar-refractivity contribution in [2.24, 2.45) is 11.8 Å². The van der Waals surface area contributed by atoms with Gasteiger partial charge in [-0.1, -0.05) is 31.2 Å². The van der Waals surface area contributed by atoms with Crippen LogP contribution in [0.1, 0.15) is 20.3 Å². The highest BCUT2D eigenvalue weighted by atomic mass is 16.1. The topological polar surface area (TPSA) is 17.1 Å². The summed E-state index contributed by atoms with van der Waals surface area (Å²) in [6, 6.07) is 0. The van der Waals surface area contributed by atoms with Gasteiger partial charge in [-0.2, -0.15) is 0 Å². The average Bonchev–Trinajstić information content (AvgIpc) is 1.94. The highest BCUT2D eigenvalue weighted by Gasteiger charge is 2.22. The maximum Gasteiger partial charge on any atom is 0.133 e. The van der Waals surface area contributed by atoms with E-state index in [1.54, 1.807) is 6.92 Å². The van der Waals surface area contributed by atoms with Crippen LogP contribution >= 0.6 is 0 Å². The molecule has 1 aliphatic rings. The Morgan fingerprint density at radius 1 is 1.73 bits per heavy atom. The fourth-order valence-corrected chi connectivity index (χ4v) is 1.47. The van der Waals surface area contributed by atoms with Crippen molar-refractivity contribution in [3.8, 4) is 0 Å². The second kappa shape index (κ2) is 3.04. The van der Waals surface area contributed by atoms with E-state index in [1.165, 1.54) is 0 Å². The van der Waals surface area contributed by atoms with Gasteiger partial charge in [-0.25, -0.2) is 0 Å². The van der Waals surface area contributed by atoms with E-state index >= 15 is 0 Å². The Hall–Kier alpha value is -0.850. The molecule has 0 saturated heterocycles. The molecule has 0 bridgehead atoms. The van der Waals surface area contributed by atoms with Crippen LogP contribution < -0.4 is 0 Å². The standard InChI is InChI=1S/C10H14O/c1-7-4-5-8(2)10(6-7)9(3)11/h4-5,8,10H,1,6H2,2-3H3/t8-,10-/m1/s1. The number of rotatable bonds is 1. The maximum absolute atomic E-state index is 11.1. The van der Waals surface area contributed by atoms with Crippen molar-refractivity contribution < 1.29 is 4.79 Å². The van der Waals surface area contributed by atoms with Gasteiger partial charge in [-0.05, 0) is 19.3 Å². The normalized spacial score (nSPS) is 30.5. The largest absolute Gasteiger partial charge is 0.300 e. The van der Waals surface area contributed by atoms with Gasteiger partial charge >= 0.3 is 0 Å². The van der Waals surface area contributed by atoms with Gasteiger partial charge < -0.3 is 0 Å². The van der Waals surface area contributed by atoms with Crippen LogP contribution in [-0.4, -0.2) is 5.78 Å². The van der Waals surface area contributed by atoms with Crippen molar-refractivity contribution in [2.45, 2.75) is 20.3 Å². The first kappa shape index (κ1) is 8.25. The summed E-state index contributed by atoms with van der Waals surface area (Å²) >= 11 is 0. The smallest absolute Gasteiger partial charge is 0.133 e. The number of Topliss-reactive ketones (excluding diaryl/α,β-unsaturated/α-hetero) is 1. The van der Waals surface area contributed by atoms with E-state index in [2.05, 4.69) is 19.6 Å².